The molecular formula is C28H30BrNO6S. The predicted octanol–water partition coefficient (Wildman–Crippen LogP) is 5.61. The number of benzene rings is 1. The largest absolute Gasteiger partial charge is 0.493 e. The van der Waals surface area contributed by atoms with Crippen LogP contribution in [0.25, 0.3) is 0 Å². The number of Topliss-reactive ketones (excluding diaryl/α,β-unsaturated/α-hetero) is 1. The van der Waals surface area contributed by atoms with E-state index in [4.69, 9.17) is 18.9 Å². The molecule has 1 saturated heterocycles. The molecule has 1 fully saturated rings. The fourth-order valence-corrected chi connectivity index (χ4v) is 6.84. The molecule has 5 rings (SSSR count). The highest BCUT2D eigenvalue weighted by Gasteiger charge is 2.42. The Labute approximate surface area is 228 Å². The van der Waals surface area contributed by atoms with E-state index < -0.39 is 11.9 Å². The van der Waals surface area contributed by atoms with Crippen LogP contribution in [-0.2, 0) is 19.1 Å². The highest BCUT2D eigenvalue weighted by atomic mass is 79.9. The topological polar surface area (TPSA) is 83.1 Å². The molecule has 0 bridgehead atoms. The number of hydrogen-bond donors (Lipinski definition) is 1. The predicted molar refractivity (Wildman–Crippen MR) is 144 cm³/mol. The number of carbonyl (C=O) groups excluding carboxylic acids is 2. The van der Waals surface area contributed by atoms with E-state index >= 15 is 0 Å². The average Bonchev–Trinajstić information content (AvgIpc) is 3.61. The fraction of sp³-hybridized carbons (Fsp3) is 0.429. The second kappa shape index (κ2) is 11.0. The second-order valence-corrected chi connectivity index (χ2v) is 11.3. The first kappa shape index (κ1) is 26.0. The lowest BCUT2D eigenvalue weighted by atomic mass is 9.72. The van der Waals surface area contributed by atoms with Crippen molar-refractivity contribution in [3.8, 4) is 11.5 Å². The molecule has 0 amide bonds. The average molecular weight is 589 g/mol. The molecule has 1 N–H and O–H groups in total. The van der Waals surface area contributed by atoms with Gasteiger partial charge in [0.25, 0.3) is 0 Å². The van der Waals surface area contributed by atoms with Gasteiger partial charge in [0.2, 0.25) is 0 Å². The van der Waals surface area contributed by atoms with Crippen LogP contribution < -0.4 is 14.8 Å². The number of carbonyl (C=O) groups is 2. The van der Waals surface area contributed by atoms with Crippen LogP contribution in [0.15, 0.2) is 56.7 Å². The molecule has 0 spiro atoms. The van der Waals surface area contributed by atoms with Crippen LogP contribution in [0.4, 0.5) is 0 Å². The Kier molecular flexibility index (Phi) is 7.74. The van der Waals surface area contributed by atoms with Crippen LogP contribution >= 0.6 is 27.3 Å². The third kappa shape index (κ3) is 5.09. The maximum absolute atomic E-state index is 13.8. The van der Waals surface area contributed by atoms with Gasteiger partial charge in [-0.3, -0.25) is 4.79 Å². The van der Waals surface area contributed by atoms with E-state index in [0.717, 1.165) is 24.1 Å². The molecule has 0 unspecified atom stereocenters. The normalized spacial score (nSPS) is 23.6. The summed E-state index contributed by atoms with van der Waals surface area (Å²) in [5, 5.41) is 5.45. The number of ketones is 1. The van der Waals surface area contributed by atoms with Gasteiger partial charge in [0, 0.05) is 51.2 Å². The molecule has 3 atom stereocenters. The third-order valence-electron chi connectivity index (χ3n) is 7.23. The van der Waals surface area contributed by atoms with Crippen molar-refractivity contribution in [1.29, 1.82) is 0 Å². The maximum atomic E-state index is 13.8. The van der Waals surface area contributed by atoms with Crippen LogP contribution in [0.1, 0.15) is 54.9 Å². The molecule has 3 aliphatic rings. The van der Waals surface area contributed by atoms with E-state index in [-0.39, 0.29) is 24.4 Å². The van der Waals surface area contributed by atoms with Gasteiger partial charge >= 0.3 is 5.97 Å². The van der Waals surface area contributed by atoms with Crippen molar-refractivity contribution in [2.24, 2.45) is 0 Å². The highest BCUT2D eigenvalue weighted by molar-refractivity contribution is 9.10. The first-order chi connectivity index (χ1) is 17.9. The SMILES string of the molecule is COc1cc(Br)c([C@H]2C(C(=O)OC[C@H]3CCCO3)=C(C)NC3=C2C(=O)C[C@@H](c2cccs2)C3)cc1OC. The molecule has 3 heterocycles. The minimum atomic E-state index is -0.612. The van der Waals surface area contributed by atoms with Crippen molar-refractivity contribution in [3.05, 3.63) is 67.1 Å². The number of rotatable bonds is 7. The Hall–Kier alpha value is -2.62. The Bertz CT molecular complexity index is 1260. The van der Waals surface area contributed by atoms with Gasteiger partial charge in [-0.2, -0.15) is 0 Å². The molecule has 7 nitrogen and oxygen atoms in total. The number of thiophene rings is 1. The number of esters is 1. The van der Waals surface area contributed by atoms with E-state index in [1.54, 1.807) is 25.6 Å². The van der Waals surface area contributed by atoms with E-state index in [9.17, 15) is 9.59 Å². The molecule has 2 aliphatic heterocycles. The number of halogens is 1. The summed E-state index contributed by atoms with van der Waals surface area (Å²) in [6, 6.07) is 7.74. The van der Waals surface area contributed by atoms with Gasteiger partial charge in [-0.1, -0.05) is 22.0 Å². The minimum absolute atomic E-state index is 0.0239. The molecule has 1 aromatic carbocycles. The monoisotopic (exact) mass is 587 g/mol. The summed E-state index contributed by atoms with van der Waals surface area (Å²) in [5.74, 6) is 0.138. The molecule has 0 saturated carbocycles. The maximum Gasteiger partial charge on any atom is 0.336 e. The first-order valence-electron chi connectivity index (χ1n) is 12.4. The van der Waals surface area contributed by atoms with Crippen LogP contribution in [-0.4, -0.2) is 45.3 Å². The van der Waals surface area contributed by atoms with Gasteiger partial charge in [0.05, 0.1) is 25.9 Å². The summed E-state index contributed by atoms with van der Waals surface area (Å²) < 4.78 is 23.2. The zero-order chi connectivity index (χ0) is 26.1. The number of nitrogens with one attached hydrogen (secondary N) is 1. The summed E-state index contributed by atoms with van der Waals surface area (Å²) >= 11 is 5.34. The van der Waals surface area contributed by atoms with E-state index in [0.29, 0.717) is 52.3 Å². The van der Waals surface area contributed by atoms with E-state index in [2.05, 4.69) is 27.3 Å². The number of dihydropyridines is 1. The number of methoxy groups -OCH3 is 2. The number of allylic oxidation sites excluding steroid dienone is 3. The molecule has 0 radical (unpaired) electrons. The van der Waals surface area contributed by atoms with Crippen molar-refractivity contribution < 1.29 is 28.5 Å². The summed E-state index contributed by atoms with van der Waals surface area (Å²) in [6.07, 6.45) is 2.82. The molecule has 37 heavy (non-hydrogen) atoms. The van der Waals surface area contributed by atoms with E-state index in [1.807, 2.05) is 30.5 Å². The van der Waals surface area contributed by atoms with Crippen molar-refractivity contribution in [1.82, 2.24) is 5.32 Å². The van der Waals surface area contributed by atoms with Gasteiger partial charge in [-0.05, 0) is 55.3 Å². The lowest BCUT2D eigenvalue weighted by Gasteiger charge is -2.37. The zero-order valence-electron chi connectivity index (χ0n) is 21.1. The Morgan fingerprint density at radius 1 is 1.22 bits per heavy atom. The molecule has 1 aromatic heterocycles. The molecule has 9 heteroatoms. The Balaban J connectivity index is 1.58. The van der Waals surface area contributed by atoms with Crippen LogP contribution in [0.3, 0.4) is 0 Å². The molecular weight excluding hydrogens is 558 g/mol. The fourth-order valence-electron chi connectivity index (χ4n) is 5.46. The zero-order valence-corrected chi connectivity index (χ0v) is 23.5. The quantitative estimate of drug-likeness (QED) is 0.421. The summed E-state index contributed by atoms with van der Waals surface area (Å²) in [4.78, 5) is 28.6. The van der Waals surface area contributed by atoms with Crippen LogP contribution in [0.5, 0.6) is 11.5 Å². The van der Waals surface area contributed by atoms with Crippen molar-refractivity contribution in [2.45, 2.75) is 50.5 Å². The summed E-state index contributed by atoms with van der Waals surface area (Å²) in [5.41, 5.74) is 3.32. The summed E-state index contributed by atoms with van der Waals surface area (Å²) in [6.45, 7) is 2.74. The first-order valence-corrected chi connectivity index (χ1v) is 14.1. The molecule has 1 aliphatic carbocycles. The molecule has 2 aromatic rings. The van der Waals surface area contributed by atoms with Crippen LogP contribution in [0.2, 0.25) is 0 Å². The van der Waals surface area contributed by atoms with Crippen molar-refractivity contribution >= 4 is 39.0 Å². The van der Waals surface area contributed by atoms with Gasteiger partial charge in [0.1, 0.15) is 6.61 Å². The minimum Gasteiger partial charge on any atom is -0.493 e. The van der Waals surface area contributed by atoms with Gasteiger partial charge in [-0.15, -0.1) is 11.3 Å². The van der Waals surface area contributed by atoms with Gasteiger partial charge in [0.15, 0.2) is 17.3 Å². The number of hydrogen-bond acceptors (Lipinski definition) is 8. The van der Waals surface area contributed by atoms with Crippen molar-refractivity contribution in [2.75, 3.05) is 27.4 Å². The van der Waals surface area contributed by atoms with Crippen LogP contribution in [0, 0.1) is 0 Å². The van der Waals surface area contributed by atoms with Crippen molar-refractivity contribution in [3.63, 3.8) is 0 Å². The lowest BCUT2D eigenvalue weighted by Crippen LogP contribution is -2.36. The molecule has 196 valence electrons. The third-order valence-corrected chi connectivity index (χ3v) is 8.95. The smallest absolute Gasteiger partial charge is 0.336 e. The Morgan fingerprint density at radius 3 is 2.68 bits per heavy atom. The standard InChI is InChI=1S/C28H30BrNO6S/c1-15-25(28(32)36-14-17-6-4-8-35-17)26(18-12-22(33-2)23(34-3)13-19(18)29)27-20(30-15)10-16(11-21(27)31)24-7-5-9-37-24/h5,7,9,12-13,16-17,26,30H,4,6,8,10-11,14H2,1-3H3/t16-,17+,26-/m0/s1. The van der Waals surface area contributed by atoms with Gasteiger partial charge in [-0.25, -0.2) is 4.79 Å². The Morgan fingerprint density at radius 2 is 2.00 bits per heavy atom. The second-order valence-electron chi connectivity index (χ2n) is 9.49. The lowest BCUT2D eigenvalue weighted by molar-refractivity contribution is -0.142. The number of ether oxygens (including phenoxy) is 4. The highest BCUT2D eigenvalue weighted by Crippen LogP contribution is 2.49. The van der Waals surface area contributed by atoms with E-state index in [1.165, 1.54) is 4.88 Å². The summed E-state index contributed by atoms with van der Waals surface area (Å²) in [7, 11) is 3.14. The van der Waals surface area contributed by atoms with Gasteiger partial charge < -0.3 is 24.3 Å².